The quantitative estimate of drug-likeness (QED) is 0.794. The first-order valence-electron chi connectivity index (χ1n) is 7.89. The lowest BCUT2D eigenvalue weighted by Crippen LogP contribution is -2.13. The van der Waals surface area contributed by atoms with Gasteiger partial charge in [-0.1, -0.05) is 23.7 Å². The van der Waals surface area contributed by atoms with Gasteiger partial charge >= 0.3 is 0 Å². The molecule has 0 saturated carbocycles. The number of carbonyl (C=O) groups excluding carboxylic acids is 1. The van der Waals surface area contributed by atoms with Crippen molar-refractivity contribution in [2.24, 2.45) is 0 Å². The summed E-state index contributed by atoms with van der Waals surface area (Å²) in [7, 11) is 1.55. The zero-order chi connectivity index (χ0) is 17.5. The number of nitrogens with one attached hydrogen (secondary N) is 1. The molecule has 0 saturated heterocycles. The number of ether oxygens (including phenoxy) is 2. The molecule has 2 rings (SSSR count). The van der Waals surface area contributed by atoms with Crippen LogP contribution >= 0.6 is 11.6 Å². The van der Waals surface area contributed by atoms with E-state index in [9.17, 15) is 4.79 Å². The molecule has 0 aliphatic heterocycles. The maximum atomic E-state index is 12.2. The van der Waals surface area contributed by atoms with Gasteiger partial charge in [-0.2, -0.15) is 0 Å². The van der Waals surface area contributed by atoms with Gasteiger partial charge in [0.2, 0.25) is 5.91 Å². The summed E-state index contributed by atoms with van der Waals surface area (Å²) in [4.78, 5) is 12.2. The molecule has 4 nitrogen and oxygen atoms in total. The zero-order valence-electron chi connectivity index (χ0n) is 14.2. The molecule has 0 spiro atoms. The highest BCUT2D eigenvalue weighted by molar-refractivity contribution is 6.31. The molecule has 1 N–H and O–H groups in total. The van der Waals surface area contributed by atoms with E-state index in [0.717, 1.165) is 16.9 Å². The molecule has 0 radical (unpaired) electrons. The van der Waals surface area contributed by atoms with Gasteiger partial charge in [-0.3, -0.25) is 4.79 Å². The first kappa shape index (κ1) is 18.1. The third kappa shape index (κ3) is 4.90. The van der Waals surface area contributed by atoms with Crippen molar-refractivity contribution >= 4 is 23.2 Å². The molecule has 0 bridgehead atoms. The first-order chi connectivity index (χ1) is 11.5. The Morgan fingerprint density at radius 3 is 2.54 bits per heavy atom. The summed E-state index contributed by atoms with van der Waals surface area (Å²) in [5, 5.41) is 3.49. The lowest BCUT2D eigenvalue weighted by molar-refractivity contribution is -0.116. The lowest BCUT2D eigenvalue weighted by Gasteiger charge is -2.12. The number of aryl methyl sites for hydroxylation is 2. The van der Waals surface area contributed by atoms with E-state index in [1.807, 2.05) is 44.2 Å². The predicted octanol–water partition coefficient (Wildman–Crippen LogP) is 4.63. The van der Waals surface area contributed by atoms with Gasteiger partial charge in [0.15, 0.2) is 0 Å². The average Bonchev–Trinajstić information content (AvgIpc) is 2.57. The Kier molecular flexibility index (Phi) is 6.50. The van der Waals surface area contributed by atoms with E-state index >= 15 is 0 Å². The Hall–Kier alpha value is -2.20. The average molecular weight is 348 g/mol. The molecular formula is C19H22ClNO3. The molecule has 5 heteroatoms. The Labute approximate surface area is 147 Å². The van der Waals surface area contributed by atoms with Crippen LogP contribution in [-0.2, 0) is 11.2 Å². The molecule has 0 heterocycles. The van der Waals surface area contributed by atoms with Crippen molar-refractivity contribution in [1.82, 2.24) is 0 Å². The summed E-state index contributed by atoms with van der Waals surface area (Å²) in [5.41, 5.74) is 2.61. The van der Waals surface area contributed by atoms with Crippen molar-refractivity contribution in [1.29, 1.82) is 0 Å². The Bertz CT molecular complexity index is 699. The summed E-state index contributed by atoms with van der Waals surface area (Å²) < 4.78 is 10.7. The van der Waals surface area contributed by atoms with Crippen LogP contribution in [0.2, 0.25) is 5.02 Å². The number of carbonyl (C=O) groups is 1. The summed E-state index contributed by atoms with van der Waals surface area (Å²) in [5.74, 6) is 1.33. The fourth-order valence-electron chi connectivity index (χ4n) is 2.32. The topological polar surface area (TPSA) is 47.6 Å². The standard InChI is InChI=1S/C19H22ClNO3/c1-4-24-15-8-5-14(6-9-15)7-10-19(22)21-17-11-13(2)16(20)12-18(17)23-3/h5-6,8-9,11-12H,4,7,10H2,1-3H3,(H,21,22). The van der Waals surface area contributed by atoms with Crippen LogP contribution < -0.4 is 14.8 Å². The van der Waals surface area contributed by atoms with Gasteiger partial charge in [-0.15, -0.1) is 0 Å². The summed E-state index contributed by atoms with van der Waals surface area (Å²) in [6, 6.07) is 11.3. The van der Waals surface area contributed by atoms with Crippen molar-refractivity contribution in [3.63, 3.8) is 0 Å². The number of hydrogen-bond donors (Lipinski definition) is 1. The normalized spacial score (nSPS) is 10.3. The second-order valence-corrected chi connectivity index (χ2v) is 5.83. The van der Waals surface area contributed by atoms with Gasteiger partial charge in [0.25, 0.3) is 0 Å². The minimum absolute atomic E-state index is 0.0658. The predicted molar refractivity (Wildman–Crippen MR) is 97.3 cm³/mol. The van der Waals surface area contributed by atoms with E-state index in [0.29, 0.717) is 35.9 Å². The maximum absolute atomic E-state index is 12.2. The van der Waals surface area contributed by atoms with Crippen molar-refractivity contribution in [3.8, 4) is 11.5 Å². The number of anilines is 1. The van der Waals surface area contributed by atoms with Crippen LogP contribution in [-0.4, -0.2) is 19.6 Å². The molecule has 0 fully saturated rings. The fraction of sp³-hybridized carbons (Fsp3) is 0.316. The van der Waals surface area contributed by atoms with Crippen molar-refractivity contribution < 1.29 is 14.3 Å². The summed E-state index contributed by atoms with van der Waals surface area (Å²) >= 11 is 6.07. The number of benzene rings is 2. The Morgan fingerprint density at radius 2 is 1.92 bits per heavy atom. The van der Waals surface area contributed by atoms with E-state index in [2.05, 4.69) is 5.32 Å². The van der Waals surface area contributed by atoms with Gasteiger partial charge in [0.1, 0.15) is 11.5 Å². The Balaban J connectivity index is 1.95. The van der Waals surface area contributed by atoms with E-state index in [1.54, 1.807) is 13.2 Å². The van der Waals surface area contributed by atoms with Crippen LogP contribution in [0.4, 0.5) is 5.69 Å². The number of hydrogen-bond acceptors (Lipinski definition) is 3. The highest BCUT2D eigenvalue weighted by Gasteiger charge is 2.10. The molecule has 0 aliphatic rings. The van der Waals surface area contributed by atoms with Crippen LogP contribution in [0.3, 0.4) is 0 Å². The van der Waals surface area contributed by atoms with E-state index < -0.39 is 0 Å². The SMILES string of the molecule is CCOc1ccc(CCC(=O)Nc2cc(C)c(Cl)cc2OC)cc1. The zero-order valence-corrected chi connectivity index (χ0v) is 14.9. The molecule has 0 atom stereocenters. The second-order valence-electron chi connectivity index (χ2n) is 5.43. The highest BCUT2D eigenvalue weighted by Crippen LogP contribution is 2.31. The third-order valence-corrected chi connectivity index (χ3v) is 4.04. The van der Waals surface area contributed by atoms with Crippen molar-refractivity contribution in [2.45, 2.75) is 26.7 Å². The molecule has 0 aromatic heterocycles. The molecule has 2 aromatic rings. The first-order valence-corrected chi connectivity index (χ1v) is 8.27. The van der Waals surface area contributed by atoms with E-state index in [4.69, 9.17) is 21.1 Å². The van der Waals surface area contributed by atoms with E-state index in [-0.39, 0.29) is 5.91 Å². The van der Waals surface area contributed by atoms with Gasteiger partial charge in [-0.25, -0.2) is 0 Å². The van der Waals surface area contributed by atoms with Crippen molar-refractivity contribution in [3.05, 3.63) is 52.5 Å². The molecule has 0 aliphatic carbocycles. The number of methoxy groups -OCH3 is 1. The smallest absolute Gasteiger partial charge is 0.224 e. The van der Waals surface area contributed by atoms with Gasteiger partial charge in [-0.05, 0) is 49.6 Å². The molecule has 2 aromatic carbocycles. The number of halogens is 1. The van der Waals surface area contributed by atoms with Crippen molar-refractivity contribution in [2.75, 3.05) is 19.0 Å². The summed E-state index contributed by atoms with van der Waals surface area (Å²) in [6.45, 7) is 4.48. The third-order valence-electron chi connectivity index (χ3n) is 3.63. The largest absolute Gasteiger partial charge is 0.495 e. The minimum Gasteiger partial charge on any atom is -0.495 e. The second kappa shape index (κ2) is 8.60. The molecule has 128 valence electrons. The molecule has 0 unspecified atom stereocenters. The molecular weight excluding hydrogens is 326 g/mol. The van der Waals surface area contributed by atoms with Gasteiger partial charge < -0.3 is 14.8 Å². The fourth-order valence-corrected chi connectivity index (χ4v) is 2.47. The van der Waals surface area contributed by atoms with Gasteiger partial charge in [0, 0.05) is 17.5 Å². The summed E-state index contributed by atoms with van der Waals surface area (Å²) in [6.07, 6.45) is 1.05. The molecule has 1 amide bonds. The van der Waals surface area contributed by atoms with Crippen LogP contribution in [0, 0.1) is 6.92 Å². The van der Waals surface area contributed by atoms with Crippen LogP contribution in [0.15, 0.2) is 36.4 Å². The van der Waals surface area contributed by atoms with Gasteiger partial charge in [0.05, 0.1) is 19.4 Å². The number of amides is 1. The minimum atomic E-state index is -0.0658. The maximum Gasteiger partial charge on any atom is 0.224 e. The van der Waals surface area contributed by atoms with Crippen LogP contribution in [0.5, 0.6) is 11.5 Å². The highest BCUT2D eigenvalue weighted by atomic mass is 35.5. The lowest BCUT2D eigenvalue weighted by atomic mass is 10.1. The number of rotatable bonds is 7. The van der Waals surface area contributed by atoms with E-state index in [1.165, 1.54) is 0 Å². The van der Waals surface area contributed by atoms with Crippen LogP contribution in [0.1, 0.15) is 24.5 Å². The Morgan fingerprint density at radius 1 is 1.21 bits per heavy atom. The monoisotopic (exact) mass is 347 g/mol. The van der Waals surface area contributed by atoms with Crippen LogP contribution in [0.25, 0.3) is 0 Å². The molecule has 24 heavy (non-hydrogen) atoms.